The molecule has 0 saturated heterocycles. The van der Waals surface area contributed by atoms with Crippen molar-refractivity contribution < 1.29 is 23.1 Å². The zero-order chi connectivity index (χ0) is 16.8. The fourth-order valence-electron chi connectivity index (χ4n) is 1.85. The second-order valence-corrected chi connectivity index (χ2v) is 6.79. The molecule has 5 nitrogen and oxygen atoms in total. The van der Waals surface area contributed by atoms with Crippen LogP contribution in [0.2, 0.25) is 4.34 Å². The van der Waals surface area contributed by atoms with E-state index < -0.39 is 23.4 Å². The largest absolute Gasteiger partial charge is 0.478 e. The average Bonchev–Trinajstić information content (AvgIpc) is 3.14. The number of carboxylic acids is 1. The third-order valence-corrected chi connectivity index (χ3v) is 4.84. The molecule has 0 bridgehead atoms. The van der Waals surface area contributed by atoms with Gasteiger partial charge in [-0.25, -0.2) is 14.5 Å². The van der Waals surface area contributed by atoms with Gasteiger partial charge in [-0.15, -0.1) is 22.7 Å². The molecule has 0 atom stereocenters. The van der Waals surface area contributed by atoms with Crippen molar-refractivity contribution in [2.24, 2.45) is 0 Å². The Morgan fingerprint density at radius 3 is 2.65 bits per heavy atom. The molecule has 3 heterocycles. The van der Waals surface area contributed by atoms with Crippen LogP contribution in [0.1, 0.15) is 16.1 Å². The van der Waals surface area contributed by atoms with Gasteiger partial charge in [-0.2, -0.15) is 18.3 Å². The lowest BCUT2D eigenvalue weighted by atomic mass is 10.2. The van der Waals surface area contributed by atoms with Crippen LogP contribution < -0.4 is 0 Å². The molecule has 0 aliphatic carbocycles. The maximum atomic E-state index is 13.2. The smallest absolute Gasteiger partial charge is 0.434 e. The Kier molecular flexibility index (Phi) is 3.90. The minimum Gasteiger partial charge on any atom is -0.478 e. The molecule has 0 aliphatic rings. The van der Waals surface area contributed by atoms with Crippen molar-refractivity contribution in [1.29, 1.82) is 0 Å². The molecule has 0 amide bonds. The van der Waals surface area contributed by atoms with Gasteiger partial charge in [0.1, 0.15) is 5.56 Å². The predicted octanol–water partition coefficient (Wildman–Crippen LogP) is 4.43. The highest BCUT2D eigenvalue weighted by molar-refractivity contribution is 7.19. The van der Waals surface area contributed by atoms with E-state index in [-0.39, 0.29) is 5.13 Å². The molecule has 120 valence electrons. The van der Waals surface area contributed by atoms with E-state index in [1.54, 1.807) is 17.5 Å². The van der Waals surface area contributed by atoms with E-state index in [1.165, 1.54) is 11.3 Å². The number of nitrogens with zero attached hydrogens (tertiary/aromatic N) is 3. The fraction of sp³-hybridized carbons (Fsp3) is 0.0833. The van der Waals surface area contributed by atoms with Crippen LogP contribution in [0.5, 0.6) is 0 Å². The maximum Gasteiger partial charge on any atom is 0.434 e. The van der Waals surface area contributed by atoms with Crippen molar-refractivity contribution in [3.8, 4) is 15.7 Å². The fourth-order valence-corrected chi connectivity index (χ4v) is 3.71. The molecule has 11 heteroatoms. The molecule has 0 saturated carbocycles. The Balaban J connectivity index is 2.10. The molecule has 3 aromatic heterocycles. The van der Waals surface area contributed by atoms with Crippen molar-refractivity contribution >= 4 is 40.2 Å². The number of hydrogen-bond donors (Lipinski definition) is 1. The second-order valence-electron chi connectivity index (χ2n) is 4.24. The molecule has 0 radical (unpaired) electrons. The SMILES string of the molecule is O=C(O)c1cnn(-c2nc(-c3ccc(Cl)s3)cs2)c1C(F)(F)F. The molecule has 0 aromatic carbocycles. The Morgan fingerprint density at radius 2 is 2.09 bits per heavy atom. The van der Waals surface area contributed by atoms with Crippen molar-refractivity contribution in [3.05, 3.63) is 39.3 Å². The molecular weight excluding hydrogens is 375 g/mol. The molecule has 0 aliphatic heterocycles. The van der Waals surface area contributed by atoms with Crippen LogP contribution in [0.25, 0.3) is 15.7 Å². The topological polar surface area (TPSA) is 68.0 Å². The maximum absolute atomic E-state index is 13.2. The molecular formula is C12H5ClF3N3O2S2. The summed E-state index contributed by atoms with van der Waals surface area (Å²) in [7, 11) is 0. The summed E-state index contributed by atoms with van der Waals surface area (Å²) in [6, 6.07) is 3.35. The number of aromatic carboxylic acids is 1. The highest BCUT2D eigenvalue weighted by Gasteiger charge is 2.41. The van der Waals surface area contributed by atoms with Gasteiger partial charge in [0.15, 0.2) is 5.69 Å². The van der Waals surface area contributed by atoms with Crippen molar-refractivity contribution in [2.45, 2.75) is 6.18 Å². The van der Waals surface area contributed by atoms with E-state index in [1.807, 2.05) is 0 Å². The summed E-state index contributed by atoms with van der Waals surface area (Å²) in [5.41, 5.74) is -1.84. The van der Waals surface area contributed by atoms with E-state index >= 15 is 0 Å². The zero-order valence-corrected chi connectivity index (χ0v) is 13.2. The molecule has 3 rings (SSSR count). The number of carbonyl (C=O) groups is 1. The first-order valence-electron chi connectivity index (χ1n) is 5.87. The number of carboxylic acid groups (broad SMARTS) is 1. The number of thiazole rings is 1. The summed E-state index contributed by atoms with van der Waals surface area (Å²) < 4.78 is 40.5. The second kappa shape index (κ2) is 5.62. The van der Waals surface area contributed by atoms with Crippen LogP contribution in [-0.4, -0.2) is 25.8 Å². The van der Waals surface area contributed by atoms with Crippen LogP contribution in [0.4, 0.5) is 13.2 Å². The summed E-state index contributed by atoms with van der Waals surface area (Å²) in [5.74, 6) is -1.70. The van der Waals surface area contributed by atoms with E-state index in [4.69, 9.17) is 16.7 Å². The zero-order valence-electron chi connectivity index (χ0n) is 10.8. The predicted molar refractivity (Wildman–Crippen MR) is 79.5 cm³/mol. The van der Waals surface area contributed by atoms with Crippen LogP contribution in [0.15, 0.2) is 23.7 Å². The molecule has 0 spiro atoms. The third kappa shape index (κ3) is 2.96. The first-order chi connectivity index (χ1) is 10.8. The summed E-state index contributed by atoms with van der Waals surface area (Å²) in [5, 5.41) is 13.9. The van der Waals surface area contributed by atoms with Crippen molar-refractivity contribution in [3.63, 3.8) is 0 Å². The first kappa shape index (κ1) is 16.0. The van der Waals surface area contributed by atoms with Crippen LogP contribution >= 0.6 is 34.3 Å². The van der Waals surface area contributed by atoms with E-state index in [9.17, 15) is 18.0 Å². The van der Waals surface area contributed by atoms with Gasteiger partial charge in [-0.05, 0) is 12.1 Å². The molecule has 3 aromatic rings. The minimum absolute atomic E-state index is 0.0793. The Bertz CT molecular complexity index is 884. The number of halogens is 4. The first-order valence-corrected chi connectivity index (χ1v) is 7.95. The molecule has 0 fully saturated rings. The number of alkyl halides is 3. The number of thiophene rings is 1. The average molecular weight is 380 g/mol. The van der Waals surface area contributed by atoms with E-state index in [2.05, 4.69) is 10.1 Å². The van der Waals surface area contributed by atoms with Gasteiger partial charge in [0.05, 0.1) is 21.1 Å². The van der Waals surface area contributed by atoms with Crippen molar-refractivity contribution in [1.82, 2.24) is 14.8 Å². The van der Waals surface area contributed by atoms with Crippen LogP contribution in [0, 0.1) is 0 Å². The molecule has 1 N–H and O–H groups in total. The lowest BCUT2D eigenvalue weighted by molar-refractivity contribution is -0.143. The highest BCUT2D eigenvalue weighted by atomic mass is 35.5. The Morgan fingerprint density at radius 1 is 1.35 bits per heavy atom. The van der Waals surface area contributed by atoms with Gasteiger partial charge in [-0.3, -0.25) is 0 Å². The third-order valence-electron chi connectivity index (χ3n) is 2.77. The lowest BCUT2D eigenvalue weighted by Crippen LogP contribution is -2.17. The number of rotatable bonds is 3. The van der Waals surface area contributed by atoms with Gasteiger partial charge in [0.25, 0.3) is 0 Å². The van der Waals surface area contributed by atoms with Gasteiger partial charge < -0.3 is 5.11 Å². The molecule has 23 heavy (non-hydrogen) atoms. The Labute approximate surface area is 139 Å². The standard InChI is InChI=1S/C12H5ClF3N3O2S2/c13-8-2-1-7(23-8)6-4-22-11(18-6)19-9(12(14,15)16)5(3-17-19)10(20)21/h1-4H,(H,20,21). The summed E-state index contributed by atoms with van der Waals surface area (Å²) in [6.07, 6.45) is -4.21. The van der Waals surface area contributed by atoms with Crippen LogP contribution in [-0.2, 0) is 6.18 Å². The normalized spacial score (nSPS) is 11.8. The summed E-state index contributed by atoms with van der Waals surface area (Å²) in [4.78, 5) is 15.7. The number of hydrogen-bond acceptors (Lipinski definition) is 5. The monoisotopic (exact) mass is 379 g/mol. The van der Waals surface area contributed by atoms with E-state index in [0.29, 0.717) is 25.8 Å². The van der Waals surface area contributed by atoms with Gasteiger partial charge in [-0.1, -0.05) is 11.6 Å². The van der Waals surface area contributed by atoms with Gasteiger partial charge >= 0.3 is 12.1 Å². The lowest BCUT2D eigenvalue weighted by Gasteiger charge is -2.09. The number of aromatic nitrogens is 3. The molecule has 0 unspecified atom stereocenters. The van der Waals surface area contributed by atoms with Crippen LogP contribution in [0.3, 0.4) is 0 Å². The van der Waals surface area contributed by atoms with E-state index in [0.717, 1.165) is 11.3 Å². The van der Waals surface area contributed by atoms with Crippen molar-refractivity contribution in [2.75, 3.05) is 0 Å². The Hall–Kier alpha value is -1.91. The summed E-state index contributed by atoms with van der Waals surface area (Å²) in [6.45, 7) is 0. The quantitative estimate of drug-likeness (QED) is 0.731. The van der Waals surface area contributed by atoms with Gasteiger partial charge in [0, 0.05) is 5.38 Å². The highest BCUT2D eigenvalue weighted by Crippen LogP contribution is 2.36. The minimum atomic E-state index is -4.87. The summed E-state index contributed by atoms with van der Waals surface area (Å²) >= 11 is 7.97. The van der Waals surface area contributed by atoms with Gasteiger partial charge in [0.2, 0.25) is 5.13 Å².